The van der Waals surface area contributed by atoms with Gasteiger partial charge in [0.25, 0.3) is 0 Å². The number of amides is 1. The van der Waals surface area contributed by atoms with E-state index in [0.717, 1.165) is 29.0 Å². The monoisotopic (exact) mass is 487 g/mol. The minimum Gasteiger partial charge on any atom is -0.495 e. The lowest BCUT2D eigenvalue weighted by Crippen LogP contribution is -2.13. The van der Waals surface area contributed by atoms with E-state index in [1.54, 1.807) is 26.4 Å². The quantitative estimate of drug-likeness (QED) is 0.474. The summed E-state index contributed by atoms with van der Waals surface area (Å²) in [5, 5.41) is 4.28. The summed E-state index contributed by atoms with van der Waals surface area (Å²) in [7, 11) is 3.11. The Kier molecular flexibility index (Phi) is 6.95. The molecule has 4 rings (SSSR count). The number of thiazole rings is 1. The predicted molar refractivity (Wildman–Crippen MR) is 131 cm³/mol. The van der Waals surface area contributed by atoms with Crippen molar-refractivity contribution in [2.45, 2.75) is 26.2 Å². The Balaban J connectivity index is 1.71. The highest BCUT2D eigenvalue weighted by molar-refractivity contribution is 7.16. The second-order valence-corrected chi connectivity index (χ2v) is 9.51. The van der Waals surface area contributed by atoms with Crippen LogP contribution in [0.25, 0.3) is 11.3 Å². The fourth-order valence-electron chi connectivity index (χ4n) is 3.83. The number of aromatic nitrogens is 1. The van der Waals surface area contributed by atoms with Crippen molar-refractivity contribution < 1.29 is 19.0 Å². The number of primary amides is 1. The maximum absolute atomic E-state index is 11.8. The van der Waals surface area contributed by atoms with Gasteiger partial charge in [0.05, 0.1) is 43.7 Å². The first kappa shape index (κ1) is 23.2. The van der Waals surface area contributed by atoms with Crippen LogP contribution in [0.15, 0.2) is 30.3 Å². The van der Waals surface area contributed by atoms with E-state index in [0.29, 0.717) is 45.6 Å². The number of benzene rings is 2. The van der Waals surface area contributed by atoms with Crippen LogP contribution in [0.5, 0.6) is 17.2 Å². The van der Waals surface area contributed by atoms with Crippen LogP contribution in [0.1, 0.15) is 23.8 Å². The number of carbonyl (C=O) groups excluding carboxylic acids is 1. The summed E-state index contributed by atoms with van der Waals surface area (Å²) in [6.07, 6.45) is 2.09. The highest BCUT2D eigenvalue weighted by Crippen LogP contribution is 2.40. The molecular weight excluding hydrogens is 462 g/mol. The number of nitrogens with one attached hydrogen (secondary N) is 1. The number of carbonyl (C=O) groups is 1. The van der Waals surface area contributed by atoms with Crippen molar-refractivity contribution in [1.82, 2.24) is 4.98 Å². The van der Waals surface area contributed by atoms with Crippen molar-refractivity contribution in [2.24, 2.45) is 11.7 Å². The van der Waals surface area contributed by atoms with Gasteiger partial charge >= 0.3 is 0 Å². The standard InChI is InChI=1S/C24H26ClN3O4S/c1-13-6-7-32-18-9-15(5-4-14(18)8-13)23-21(12-22(26)29)33-24(28-23)27-17-10-16(25)19(30-2)11-20(17)31-3/h4-5,9-11,13H,6-8,12H2,1-3H3,(H2,26,29)(H,27,28). The molecular formula is C24H26ClN3O4S. The topological polar surface area (TPSA) is 95.7 Å². The fraction of sp³-hybridized carbons (Fsp3) is 0.333. The molecule has 1 amide bonds. The molecule has 3 aromatic rings. The number of ether oxygens (including phenoxy) is 3. The normalized spacial score (nSPS) is 15.2. The highest BCUT2D eigenvalue weighted by atomic mass is 35.5. The summed E-state index contributed by atoms with van der Waals surface area (Å²) in [5.74, 6) is 2.08. The highest BCUT2D eigenvalue weighted by Gasteiger charge is 2.20. The molecule has 1 unspecified atom stereocenters. The maximum atomic E-state index is 11.8. The van der Waals surface area contributed by atoms with E-state index in [4.69, 9.17) is 36.5 Å². The minimum absolute atomic E-state index is 0.0875. The summed E-state index contributed by atoms with van der Waals surface area (Å²) in [6.45, 7) is 2.92. The molecule has 2 heterocycles. The number of fused-ring (bicyclic) bond motifs is 1. The third-order valence-electron chi connectivity index (χ3n) is 5.52. The SMILES string of the molecule is COc1cc(OC)c(Nc2nc(-c3ccc4c(c3)OCCC(C)C4)c(CC(N)=O)s2)cc1Cl. The van der Waals surface area contributed by atoms with Crippen LogP contribution in [0.4, 0.5) is 10.8 Å². The molecule has 3 N–H and O–H groups in total. The molecule has 9 heteroatoms. The lowest BCUT2D eigenvalue weighted by molar-refractivity contribution is -0.117. The smallest absolute Gasteiger partial charge is 0.222 e. The summed E-state index contributed by atoms with van der Waals surface area (Å²) in [6, 6.07) is 9.52. The van der Waals surface area contributed by atoms with Crippen molar-refractivity contribution in [2.75, 3.05) is 26.1 Å². The average Bonchev–Trinajstić information content (AvgIpc) is 3.05. The number of nitrogens with zero attached hydrogens (tertiary/aromatic N) is 1. The van der Waals surface area contributed by atoms with Gasteiger partial charge in [-0.2, -0.15) is 0 Å². The summed E-state index contributed by atoms with van der Waals surface area (Å²) >= 11 is 7.66. The van der Waals surface area contributed by atoms with E-state index in [2.05, 4.69) is 18.3 Å². The summed E-state index contributed by atoms with van der Waals surface area (Å²) < 4.78 is 16.7. The van der Waals surface area contributed by atoms with Crippen LogP contribution in [0.2, 0.25) is 5.02 Å². The van der Waals surface area contributed by atoms with E-state index >= 15 is 0 Å². The van der Waals surface area contributed by atoms with Crippen molar-refractivity contribution in [3.8, 4) is 28.5 Å². The van der Waals surface area contributed by atoms with E-state index in [9.17, 15) is 4.79 Å². The molecule has 1 aliphatic heterocycles. The number of anilines is 2. The molecule has 0 aliphatic carbocycles. The first-order chi connectivity index (χ1) is 15.9. The molecule has 7 nitrogen and oxygen atoms in total. The van der Waals surface area contributed by atoms with Crippen molar-refractivity contribution in [3.05, 3.63) is 45.8 Å². The minimum atomic E-state index is -0.420. The first-order valence-corrected chi connectivity index (χ1v) is 11.8. The van der Waals surface area contributed by atoms with Gasteiger partial charge in [0.15, 0.2) is 5.13 Å². The molecule has 0 spiro atoms. The third kappa shape index (κ3) is 5.17. The van der Waals surface area contributed by atoms with Crippen LogP contribution < -0.4 is 25.3 Å². The molecule has 1 aromatic heterocycles. The van der Waals surface area contributed by atoms with Gasteiger partial charge in [-0.1, -0.05) is 30.7 Å². The molecule has 174 valence electrons. The van der Waals surface area contributed by atoms with Crippen LogP contribution in [0, 0.1) is 5.92 Å². The van der Waals surface area contributed by atoms with E-state index < -0.39 is 5.91 Å². The number of hydrogen-bond donors (Lipinski definition) is 2. The molecule has 0 saturated carbocycles. The predicted octanol–water partition coefficient (Wildman–Crippen LogP) is 5.21. The van der Waals surface area contributed by atoms with Gasteiger partial charge in [-0.25, -0.2) is 4.98 Å². The second kappa shape index (κ2) is 9.89. The Labute approximate surface area is 201 Å². The molecule has 33 heavy (non-hydrogen) atoms. The fourth-order valence-corrected chi connectivity index (χ4v) is 5.08. The van der Waals surface area contributed by atoms with E-state index in [1.165, 1.54) is 16.9 Å². The summed E-state index contributed by atoms with van der Waals surface area (Å²) in [4.78, 5) is 17.3. The van der Waals surface area contributed by atoms with Crippen LogP contribution in [0.3, 0.4) is 0 Å². The van der Waals surface area contributed by atoms with Gasteiger partial charge in [-0.3, -0.25) is 4.79 Å². The molecule has 1 atom stereocenters. The molecule has 0 saturated heterocycles. The third-order valence-corrected chi connectivity index (χ3v) is 6.79. The van der Waals surface area contributed by atoms with Crippen LogP contribution >= 0.6 is 22.9 Å². The molecule has 2 aromatic carbocycles. The zero-order valence-corrected chi connectivity index (χ0v) is 20.3. The van der Waals surface area contributed by atoms with E-state index in [1.807, 2.05) is 12.1 Å². The molecule has 0 radical (unpaired) electrons. The number of hydrogen-bond acceptors (Lipinski definition) is 7. The van der Waals surface area contributed by atoms with E-state index in [-0.39, 0.29) is 6.42 Å². The maximum Gasteiger partial charge on any atom is 0.222 e. The number of methoxy groups -OCH3 is 2. The van der Waals surface area contributed by atoms with Crippen LogP contribution in [-0.2, 0) is 17.6 Å². The van der Waals surface area contributed by atoms with Gasteiger partial charge in [0.2, 0.25) is 5.91 Å². The van der Waals surface area contributed by atoms with Gasteiger partial charge in [0.1, 0.15) is 17.2 Å². The zero-order valence-electron chi connectivity index (χ0n) is 18.7. The lowest BCUT2D eigenvalue weighted by atomic mass is 9.97. The zero-order chi connectivity index (χ0) is 23.5. The van der Waals surface area contributed by atoms with Gasteiger partial charge < -0.3 is 25.3 Å². The number of halogens is 1. The van der Waals surface area contributed by atoms with Gasteiger partial charge in [0, 0.05) is 16.5 Å². The van der Waals surface area contributed by atoms with Gasteiger partial charge in [-0.15, -0.1) is 11.3 Å². The van der Waals surface area contributed by atoms with Crippen LogP contribution in [-0.4, -0.2) is 31.7 Å². The van der Waals surface area contributed by atoms with Crippen molar-refractivity contribution in [3.63, 3.8) is 0 Å². The Hall–Kier alpha value is -2.97. The van der Waals surface area contributed by atoms with Crippen molar-refractivity contribution in [1.29, 1.82) is 0 Å². The molecule has 0 fully saturated rings. The largest absolute Gasteiger partial charge is 0.495 e. The number of rotatable bonds is 7. The Morgan fingerprint density at radius 2 is 2.06 bits per heavy atom. The second-order valence-electron chi connectivity index (χ2n) is 8.01. The molecule has 1 aliphatic rings. The molecule has 0 bridgehead atoms. The average molecular weight is 488 g/mol. The summed E-state index contributed by atoms with van der Waals surface area (Å²) in [5.41, 5.74) is 8.92. The Morgan fingerprint density at radius 3 is 2.79 bits per heavy atom. The Morgan fingerprint density at radius 1 is 1.27 bits per heavy atom. The van der Waals surface area contributed by atoms with Gasteiger partial charge in [-0.05, 0) is 36.5 Å². The first-order valence-electron chi connectivity index (χ1n) is 10.6. The Bertz CT molecular complexity index is 1180. The number of nitrogens with two attached hydrogens (primary N) is 1. The lowest BCUT2D eigenvalue weighted by Gasteiger charge is -2.12. The van der Waals surface area contributed by atoms with Crippen molar-refractivity contribution >= 4 is 39.7 Å².